The lowest BCUT2D eigenvalue weighted by molar-refractivity contribution is -0.144. The zero-order valence-corrected chi connectivity index (χ0v) is 12.7. The Morgan fingerprint density at radius 3 is 1.68 bits per heavy atom. The van der Waals surface area contributed by atoms with Crippen molar-refractivity contribution in [2.75, 3.05) is 0 Å². The first kappa shape index (κ1) is 21.0. The van der Waals surface area contributed by atoms with E-state index in [1.807, 2.05) is 0 Å². The van der Waals surface area contributed by atoms with Gasteiger partial charge in [0.05, 0.1) is 11.1 Å². The average molecular weight is 354 g/mol. The van der Waals surface area contributed by atoms with Crippen LogP contribution in [0.4, 0.5) is 30.7 Å². The minimum atomic E-state index is -5.14. The monoisotopic (exact) mass is 353 g/mol. The number of halogens is 8. The fourth-order valence-electron chi connectivity index (χ4n) is 1.77. The minimum absolute atomic E-state index is 0. The number of hydrogen-bond donors (Lipinski definition) is 1. The van der Waals surface area contributed by atoms with Crippen LogP contribution < -0.4 is 5.73 Å². The zero-order valence-electron chi connectivity index (χ0n) is 11.9. The summed E-state index contributed by atoms with van der Waals surface area (Å²) in [5, 5.41) is 0. The molecule has 0 fully saturated rings. The van der Waals surface area contributed by atoms with Gasteiger partial charge in [-0.3, -0.25) is 0 Å². The Morgan fingerprint density at radius 1 is 0.909 bits per heavy atom. The maximum absolute atomic E-state index is 13.9. The molecule has 1 aromatic carbocycles. The van der Waals surface area contributed by atoms with Crippen molar-refractivity contribution in [1.82, 2.24) is 0 Å². The minimum Gasteiger partial charge on any atom is -0.323 e. The molecule has 2 N–H and O–H groups in total. The van der Waals surface area contributed by atoms with Gasteiger partial charge in [-0.05, 0) is 17.5 Å². The molecule has 1 nitrogen and oxygen atoms in total. The fourth-order valence-corrected chi connectivity index (χ4v) is 1.77. The topological polar surface area (TPSA) is 26.0 Å². The largest absolute Gasteiger partial charge is 0.416 e. The summed E-state index contributed by atoms with van der Waals surface area (Å²) in [6.07, 6.45) is -10.2. The van der Waals surface area contributed by atoms with Crippen molar-refractivity contribution in [3.05, 3.63) is 34.6 Å². The highest BCUT2D eigenvalue weighted by atomic mass is 35.5. The van der Waals surface area contributed by atoms with Crippen LogP contribution in [-0.2, 0) is 12.4 Å². The quantitative estimate of drug-likeness (QED) is 0.678. The molecule has 0 radical (unpaired) electrons. The third-order valence-corrected chi connectivity index (χ3v) is 3.01. The second kappa shape index (κ2) is 6.23. The van der Waals surface area contributed by atoms with E-state index in [-0.39, 0.29) is 24.5 Å². The third-order valence-electron chi connectivity index (χ3n) is 3.01. The average Bonchev–Trinajstić information content (AvgIpc) is 2.23. The second-order valence-electron chi connectivity index (χ2n) is 5.76. The first-order valence-corrected chi connectivity index (χ1v) is 5.89. The van der Waals surface area contributed by atoms with Crippen molar-refractivity contribution in [2.45, 2.75) is 39.2 Å². The molecule has 0 spiro atoms. The normalized spacial score (nSPS) is 14.5. The SMILES string of the molecule is CC(C)(C)[C@@H](N)c1c(F)cc(C(F)(F)F)cc1C(F)(F)F.Cl. The Bertz CT molecular complexity index is 529. The molecule has 0 unspecified atom stereocenters. The molecule has 128 valence electrons. The summed E-state index contributed by atoms with van der Waals surface area (Å²) in [6, 6.07) is -1.48. The maximum atomic E-state index is 13.9. The first-order chi connectivity index (χ1) is 9.15. The van der Waals surface area contributed by atoms with Crippen LogP contribution in [0, 0.1) is 11.2 Å². The molecule has 9 heteroatoms. The molecule has 1 rings (SSSR count). The standard InChI is InChI=1S/C13H14F7N.ClH/c1-11(2,3)10(21)9-7(13(18,19)20)4-6(5-8(9)14)12(15,16)17;/h4-5,10H,21H2,1-3H3;1H/t10-;/m0./s1. The van der Waals surface area contributed by atoms with Gasteiger partial charge in [-0.25, -0.2) is 4.39 Å². The van der Waals surface area contributed by atoms with Crippen molar-refractivity contribution < 1.29 is 30.7 Å². The van der Waals surface area contributed by atoms with Crippen LogP contribution in [0.5, 0.6) is 0 Å². The van der Waals surface area contributed by atoms with E-state index in [1.54, 1.807) is 0 Å². The highest BCUT2D eigenvalue weighted by molar-refractivity contribution is 5.85. The summed E-state index contributed by atoms with van der Waals surface area (Å²) in [4.78, 5) is 0. The molecule has 1 atom stereocenters. The van der Waals surface area contributed by atoms with Crippen LogP contribution in [0.2, 0.25) is 0 Å². The lowest BCUT2D eigenvalue weighted by Crippen LogP contribution is -2.30. The van der Waals surface area contributed by atoms with E-state index in [4.69, 9.17) is 5.73 Å². The van der Waals surface area contributed by atoms with Gasteiger partial charge >= 0.3 is 12.4 Å². The van der Waals surface area contributed by atoms with Crippen molar-refractivity contribution in [2.24, 2.45) is 11.1 Å². The van der Waals surface area contributed by atoms with E-state index in [0.717, 1.165) is 0 Å². The van der Waals surface area contributed by atoms with E-state index in [9.17, 15) is 30.7 Å². The van der Waals surface area contributed by atoms with Crippen LogP contribution in [0.3, 0.4) is 0 Å². The van der Waals surface area contributed by atoms with Gasteiger partial charge in [0.1, 0.15) is 5.82 Å². The number of alkyl halides is 6. The van der Waals surface area contributed by atoms with Crippen LogP contribution >= 0.6 is 12.4 Å². The van der Waals surface area contributed by atoms with Crippen molar-refractivity contribution in [3.8, 4) is 0 Å². The summed E-state index contributed by atoms with van der Waals surface area (Å²) < 4.78 is 90.4. The molecule has 22 heavy (non-hydrogen) atoms. The summed E-state index contributed by atoms with van der Waals surface area (Å²) in [7, 11) is 0. The lowest BCUT2D eigenvalue weighted by atomic mass is 9.80. The van der Waals surface area contributed by atoms with Gasteiger partial charge < -0.3 is 5.73 Å². The van der Waals surface area contributed by atoms with Crippen LogP contribution in [0.15, 0.2) is 12.1 Å². The molecule has 0 aromatic heterocycles. The molecular weight excluding hydrogens is 339 g/mol. The van der Waals surface area contributed by atoms with Crippen molar-refractivity contribution in [1.29, 1.82) is 0 Å². The molecule has 0 saturated carbocycles. The van der Waals surface area contributed by atoms with E-state index >= 15 is 0 Å². The Kier molecular flexibility index (Phi) is 5.94. The molecule has 0 aliphatic carbocycles. The highest BCUT2D eigenvalue weighted by Crippen LogP contribution is 2.43. The Labute approximate surface area is 129 Å². The Morgan fingerprint density at radius 2 is 1.36 bits per heavy atom. The van der Waals surface area contributed by atoms with Gasteiger partial charge in [-0.15, -0.1) is 12.4 Å². The third kappa shape index (κ3) is 4.49. The van der Waals surface area contributed by atoms with Gasteiger partial charge in [0.25, 0.3) is 0 Å². The molecule has 0 aliphatic rings. The number of hydrogen-bond acceptors (Lipinski definition) is 1. The van der Waals surface area contributed by atoms with Gasteiger partial charge in [0.15, 0.2) is 0 Å². The molecule has 0 aliphatic heterocycles. The summed E-state index contributed by atoms with van der Waals surface area (Å²) in [5.41, 5.74) is 0.301. The summed E-state index contributed by atoms with van der Waals surface area (Å²) in [5.74, 6) is -1.61. The Balaban J connectivity index is 0.00000441. The second-order valence-corrected chi connectivity index (χ2v) is 5.76. The predicted octanol–water partition coefficient (Wildman–Crippen LogP) is 5.33. The molecule has 0 saturated heterocycles. The number of rotatable bonds is 1. The maximum Gasteiger partial charge on any atom is 0.416 e. The predicted molar refractivity (Wildman–Crippen MR) is 70.0 cm³/mol. The number of benzene rings is 1. The zero-order chi connectivity index (χ0) is 16.8. The molecular formula is C13H15ClF7N. The Hall–Kier alpha value is -1.02. The van der Waals surface area contributed by atoms with Gasteiger partial charge in [0.2, 0.25) is 0 Å². The lowest BCUT2D eigenvalue weighted by Gasteiger charge is -2.30. The number of nitrogens with two attached hydrogens (primary N) is 1. The van der Waals surface area contributed by atoms with Gasteiger partial charge in [-0.1, -0.05) is 20.8 Å². The molecule has 0 amide bonds. The molecule has 1 aromatic rings. The molecule has 0 bridgehead atoms. The van der Waals surface area contributed by atoms with Crippen LogP contribution in [0.25, 0.3) is 0 Å². The van der Waals surface area contributed by atoms with E-state index in [0.29, 0.717) is 0 Å². The van der Waals surface area contributed by atoms with Crippen LogP contribution in [-0.4, -0.2) is 0 Å². The summed E-state index contributed by atoms with van der Waals surface area (Å²) >= 11 is 0. The van der Waals surface area contributed by atoms with Gasteiger partial charge in [0, 0.05) is 11.6 Å². The summed E-state index contributed by atoms with van der Waals surface area (Å²) in [6.45, 7) is 4.40. The van der Waals surface area contributed by atoms with Gasteiger partial charge in [-0.2, -0.15) is 26.3 Å². The van der Waals surface area contributed by atoms with E-state index in [2.05, 4.69) is 0 Å². The first-order valence-electron chi connectivity index (χ1n) is 5.89. The smallest absolute Gasteiger partial charge is 0.323 e. The fraction of sp³-hybridized carbons (Fsp3) is 0.538. The molecule has 0 heterocycles. The highest BCUT2D eigenvalue weighted by Gasteiger charge is 2.42. The van der Waals surface area contributed by atoms with E-state index in [1.165, 1.54) is 20.8 Å². The van der Waals surface area contributed by atoms with Crippen molar-refractivity contribution >= 4 is 12.4 Å². The van der Waals surface area contributed by atoms with Crippen molar-refractivity contribution in [3.63, 3.8) is 0 Å². The van der Waals surface area contributed by atoms with Crippen LogP contribution in [0.1, 0.15) is 43.5 Å². The van der Waals surface area contributed by atoms with E-state index < -0.39 is 46.3 Å².